The van der Waals surface area contributed by atoms with Crippen molar-refractivity contribution < 1.29 is 61.8 Å². The molecule has 0 saturated heterocycles. The molecule has 4 nitrogen and oxygen atoms in total. The number of carbonyl (C=O) groups is 1. The molecule has 0 aromatic carbocycles. The Bertz CT molecular complexity index is 42.8. The fourth-order valence-corrected chi connectivity index (χ4v) is 0. The van der Waals surface area contributed by atoms with Crippen LogP contribution >= 0.6 is 0 Å². The number of carboxylic acid groups (broad SMARTS) is 1. The van der Waals surface area contributed by atoms with Crippen molar-refractivity contribution in [1.82, 2.24) is 0 Å². The van der Waals surface area contributed by atoms with Gasteiger partial charge in [-0.25, -0.2) is 4.79 Å². The Balaban J connectivity index is 0. The molecule has 0 rings (SSSR count). The van der Waals surface area contributed by atoms with Gasteiger partial charge in [0.25, 0.3) is 0 Å². The van der Waals surface area contributed by atoms with Crippen molar-refractivity contribution in [2.24, 2.45) is 0 Å². The molecule has 0 aliphatic heterocycles. The second-order valence-electron chi connectivity index (χ2n) is 0.349. The third-order valence-electron chi connectivity index (χ3n) is 0.0713. The van der Waals surface area contributed by atoms with Gasteiger partial charge in [0.15, 0.2) is 0 Å². The Kier molecular flexibility index (Phi) is 9.14. The van der Waals surface area contributed by atoms with Crippen molar-refractivity contribution in [3.05, 3.63) is 0 Å². The van der Waals surface area contributed by atoms with Crippen molar-refractivity contribution in [3.63, 3.8) is 0 Å². The van der Waals surface area contributed by atoms with Crippen LogP contribution in [0.3, 0.4) is 0 Å². The standard InChI is InChI=1S/CH2O4.Ce/c2-1(3)5-4;/h4H,(H,2,3);/q;+3/p-1. The van der Waals surface area contributed by atoms with Crippen LogP contribution in [-0.2, 0) is 4.89 Å². The topological polar surface area (TPSA) is 69.6 Å². The maximum absolute atomic E-state index is 8.83. The summed E-state index contributed by atoms with van der Waals surface area (Å²) in [4.78, 5) is 11.2. The first kappa shape index (κ1) is 9.79. The van der Waals surface area contributed by atoms with Crippen LogP contribution < -0.4 is 5.26 Å². The minimum atomic E-state index is -1.80. The van der Waals surface area contributed by atoms with Gasteiger partial charge in [-0.1, -0.05) is 0 Å². The molecule has 0 amide bonds. The Morgan fingerprint density at radius 3 is 2.00 bits per heavy atom. The molecule has 1 N–H and O–H groups in total. The van der Waals surface area contributed by atoms with Gasteiger partial charge in [0.05, 0.1) is 0 Å². The number of hydrogen-bond acceptors (Lipinski definition) is 3. The average Bonchev–Trinajstić information content (AvgIpc) is 1.38. The van der Waals surface area contributed by atoms with Crippen LogP contribution in [0.5, 0.6) is 0 Å². The summed E-state index contributed by atoms with van der Waals surface area (Å²) in [5.41, 5.74) is 0. The zero-order valence-corrected chi connectivity index (χ0v) is 5.81. The molecule has 31 valence electrons. The molecule has 0 bridgehead atoms. The number of rotatable bonds is 0. The molecule has 0 heterocycles. The molecule has 0 atom stereocenters. The first-order valence-corrected chi connectivity index (χ1v) is 0.799. The predicted octanol–water partition coefficient (Wildman–Crippen LogP) is -1.04. The molecule has 0 spiro atoms. The Morgan fingerprint density at radius 2 is 2.00 bits per heavy atom. The van der Waals surface area contributed by atoms with Crippen LogP contribution in [0.25, 0.3) is 0 Å². The van der Waals surface area contributed by atoms with Gasteiger partial charge in [-0.05, 0) is 0 Å². The summed E-state index contributed by atoms with van der Waals surface area (Å²) >= 11 is 0. The zero-order valence-electron chi connectivity index (χ0n) is 2.67. The van der Waals surface area contributed by atoms with E-state index < -0.39 is 6.16 Å². The molecule has 0 unspecified atom stereocenters. The van der Waals surface area contributed by atoms with Gasteiger partial charge in [0.1, 0.15) is 0 Å². The Labute approximate surface area is 67.4 Å². The van der Waals surface area contributed by atoms with Crippen molar-refractivity contribution in [2.45, 2.75) is 0 Å². The van der Waals surface area contributed by atoms with E-state index in [1.54, 1.807) is 0 Å². The van der Waals surface area contributed by atoms with Gasteiger partial charge in [0, 0.05) is 0 Å². The van der Waals surface area contributed by atoms with Gasteiger partial charge in [0.2, 0.25) is 0 Å². The second-order valence-corrected chi connectivity index (χ2v) is 0.349. The molecule has 0 aromatic heterocycles. The van der Waals surface area contributed by atoms with E-state index in [0.29, 0.717) is 0 Å². The van der Waals surface area contributed by atoms with Gasteiger partial charge in [-0.2, -0.15) is 0 Å². The molecule has 0 aliphatic rings. The summed E-state index contributed by atoms with van der Waals surface area (Å²) in [6.07, 6.45) is -1.80. The van der Waals surface area contributed by atoms with E-state index in [0.717, 1.165) is 0 Å². The van der Waals surface area contributed by atoms with Crippen LogP contribution in [0.1, 0.15) is 0 Å². The van der Waals surface area contributed by atoms with Crippen LogP contribution in [0.4, 0.5) is 4.79 Å². The third kappa shape index (κ3) is 8.82. The van der Waals surface area contributed by atoms with Crippen LogP contribution in [0.2, 0.25) is 0 Å². The van der Waals surface area contributed by atoms with Crippen molar-refractivity contribution in [2.75, 3.05) is 0 Å². The second kappa shape index (κ2) is 5.61. The van der Waals surface area contributed by atoms with E-state index >= 15 is 0 Å². The SMILES string of the molecule is O=C(O)O[O-].[Ce+3]. The van der Waals surface area contributed by atoms with Crippen molar-refractivity contribution in [1.29, 1.82) is 0 Å². The maximum Gasteiger partial charge on any atom is 3.00 e. The van der Waals surface area contributed by atoms with E-state index in [1.807, 2.05) is 0 Å². The van der Waals surface area contributed by atoms with E-state index in [9.17, 15) is 0 Å². The van der Waals surface area contributed by atoms with E-state index in [2.05, 4.69) is 4.89 Å². The predicted molar refractivity (Wildman–Crippen MR) is 9.11 cm³/mol. The Morgan fingerprint density at radius 1 is 1.83 bits per heavy atom. The molecule has 0 aromatic rings. The van der Waals surface area contributed by atoms with Gasteiger partial charge in [-0.3, -0.25) is 0 Å². The van der Waals surface area contributed by atoms with E-state index in [1.165, 1.54) is 0 Å². The molecule has 0 fully saturated rings. The molecular weight excluding hydrogens is 216 g/mol. The monoisotopic (exact) mass is 217 g/mol. The largest absolute Gasteiger partial charge is 3.00 e. The average molecular weight is 217 g/mol. The van der Waals surface area contributed by atoms with E-state index in [-0.39, 0.29) is 41.7 Å². The summed E-state index contributed by atoms with van der Waals surface area (Å²) in [5, 5.41) is 15.7. The third-order valence-corrected chi connectivity index (χ3v) is 0.0713. The maximum atomic E-state index is 8.83. The van der Waals surface area contributed by atoms with Crippen molar-refractivity contribution >= 4 is 6.16 Å². The van der Waals surface area contributed by atoms with Gasteiger partial charge in [-0.15, -0.1) is 0 Å². The summed E-state index contributed by atoms with van der Waals surface area (Å²) in [5.74, 6) is 0. The molecule has 0 aliphatic carbocycles. The molecule has 0 saturated carbocycles. The summed E-state index contributed by atoms with van der Waals surface area (Å²) in [6, 6.07) is 0. The molecule has 5 heteroatoms. The van der Waals surface area contributed by atoms with Crippen LogP contribution in [0, 0.1) is 41.7 Å². The van der Waals surface area contributed by atoms with Gasteiger partial charge < -0.3 is 15.3 Å². The summed E-state index contributed by atoms with van der Waals surface area (Å²) in [6.45, 7) is 0. The fraction of sp³-hybridized carbons (Fsp3) is 0. The fourth-order valence-electron chi connectivity index (χ4n) is 0. The molecule has 1 radical (unpaired) electrons. The van der Waals surface area contributed by atoms with E-state index in [4.69, 9.17) is 15.2 Å². The minimum Gasteiger partial charge on any atom is -0.659 e. The first-order valence-electron chi connectivity index (χ1n) is 0.799. The van der Waals surface area contributed by atoms with Crippen LogP contribution in [0.15, 0.2) is 0 Å². The zero-order chi connectivity index (χ0) is 4.28. The first-order chi connectivity index (χ1) is 2.27. The summed E-state index contributed by atoms with van der Waals surface area (Å²) in [7, 11) is 0. The number of hydrogen-bond donors (Lipinski definition) is 1. The molecular formula is CHCeO4+2. The minimum absolute atomic E-state index is 0. The van der Waals surface area contributed by atoms with Gasteiger partial charge >= 0.3 is 47.9 Å². The summed E-state index contributed by atoms with van der Waals surface area (Å²) < 4.78 is 0. The van der Waals surface area contributed by atoms with Crippen molar-refractivity contribution in [3.8, 4) is 0 Å². The normalized spacial score (nSPS) is 5.50. The molecule has 6 heavy (non-hydrogen) atoms. The Hall–Kier alpha value is 0.607. The van der Waals surface area contributed by atoms with Crippen LogP contribution in [-0.4, -0.2) is 11.3 Å². The smallest absolute Gasteiger partial charge is 0.659 e. The quantitative estimate of drug-likeness (QED) is 0.415.